The van der Waals surface area contributed by atoms with Gasteiger partial charge in [0.25, 0.3) is 0 Å². The fourth-order valence-corrected chi connectivity index (χ4v) is 2.32. The minimum absolute atomic E-state index is 0.603. The molecule has 1 heterocycles. The molecule has 0 radical (unpaired) electrons. The normalized spacial score (nSPS) is 15.5. The monoisotopic (exact) mass is 259 g/mol. The van der Waals surface area contributed by atoms with Crippen molar-refractivity contribution in [1.82, 2.24) is 0 Å². The van der Waals surface area contributed by atoms with E-state index >= 15 is 0 Å². The first-order valence-electron chi connectivity index (χ1n) is 6.45. The molecule has 0 saturated heterocycles. The van der Waals surface area contributed by atoms with Crippen LogP contribution >= 0.6 is 0 Å². The number of hydrogen-bond donors (Lipinski definition) is 0. The highest BCUT2D eigenvalue weighted by molar-refractivity contribution is 5.92. The van der Waals surface area contributed by atoms with E-state index in [-0.39, 0.29) is 0 Å². The Kier molecular flexibility index (Phi) is 3.10. The Morgan fingerprint density at radius 1 is 0.950 bits per heavy atom. The molecule has 0 fully saturated rings. The third-order valence-electron chi connectivity index (χ3n) is 3.29. The van der Waals surface area contributed by atoms with Gasteiger partial charge in [-0.25, -0.2) is 0 Å². The zero-order valence-electron chi connectivity index (χ0n) is 11.1. The Morgan fingerprint density at radius 3 is 2.30 bits per heavy atom. The van der Waals surface area contributed by atoms with E-state index in [1.807, 2.05) is 67.6 Å². The third kappa shape index (κ3) is 2.10. The fourth-order valence-electron chi connectivity index (χ4n) is 2.32. The highest BCUT2D eigenvalue weighted by atomic mass is 16.5. The lowest BCUT2D eigenvalue weighted by atomic mass is 9.95. The molecule has 0 saturated carbocycles. The van der Waals surface area contributed by atoms with E-state index in [0.717, 1.165) is 22.4 Å². The molecule has 0 aromatic heterocycles. The molecule has 96 valence electrons. The molecule has 1 aliphatic heterocycles. The number of nitrogens with zero attached hydrogens (tertiary/aromatic N) is 1. The van der Waals surface area contributed by atoms with Crippen molar-refractivity contribution in [1.29, 1.82) is 5.26 Å². The summed E-state index contributed by atoms with van der Waals surface area (Å²) in [5.74, 6) is 1.43. The molecule has 1 aliphatic rings. The minimum Gasteiger partial charge on any atom is -0.460 e. The minimum atomic E-state index is 0.603. The van der Waals surface area contributed by atoms with E-state index in [9.17, 15) is 5.26 Å². The lowest BCUT2D eigenvalue weighted by Gasteiger charge is -2.21. The van der Waals surface area contributed by atoms with Crippen LogP contribution in [-0.2, 0) is 4.74 Å². The van der Waals surface area contributed by atoms with Gasteiger partial charge in [-0.1, -0.05) is 54.6 Å². The van der Waals surface area contributed by atoms with Gasteiger partial charge in [-0.2, -0.15) is 5.26 Å². The Morgan fingerprint density at radius 2 is 1.60 bits per heavy atom. The van der Waals surface area contributed by atoms with Crippen LogP contribution in [0.15, 0.2) is 60.4 Å². The molecule has 2 heteroatoms. The van der Waals surface area contributed by atoms with Crippen LogP contribution in [0.5, 0.6) is 0 Å². The first-order chi connectivity index (χ1) is 9.79. The lowest BCUT2D eigenvalue weighted by molar-refractivity contribution is 0.386. The summed E-state index contributed by atoms with van der Waals surface area (Å²) in [6.07, 6.45) is 2.00. The van der Waals surface area contributed by atoms with Crippen LogP contribution in [0, 0.1) is 11.3 Å². The van der Waals surface area contributed by atoms with E-state index in [0.29, 0.717) is 11.3 Å². The van der Waals surface area contributed by atoms with Crippen molar-refractivity contribution in [3.63, 3.8) is 0 Å². The summed E-state index contributed by atoms with van der Waals surface area (Å²) in [7, 11) is 0. The molecular weight excluding hydrogens is 246 g/mol. The standard InChI is InChI=1S/C18H13NO/c1-13-17(12-19)15-9-5-6-10-16(15)18(20-13)11-14-7-3-2-4-8-14/h2-11H,1H3/b18-11-. The van der Waals surface area contributed by atoms with E-state index in [4.69, 9.17) is 4.74 Å². The van der Waals surface area contributed by atoms with Crippen molar-refractivity contribution in [3.05, 3.63) is 77.0 Å². The Labute approximate surface area is 118 Å². The fraction of sp³-hybridized carbons (Fsp3) is 0.0556. The van der Waals surface area contributed by atoms with Crippen LogP contribution in [-0.4, -0.2) is 0 Å². The Hall–Kier alpha value is -2.79. The van der Waals surface area contributed by atoms with Gasteiger partial charge in [0.1, 0.15) is 17.6 Å². The molecule has 0 N–H and O–H groups in total. The van der Waals surface area contributed by atoms with E-state index in [2.05, 4.69) is 6.07 Å². The third-order valence-corrected chi connectivity index (χ3v) is 3.29. The van der Waals surface area contributed by atoms with Crippen molar-refractivity contribution in [3.8, 4) is 6.07 Å². The van der Waals surface area contributed by atoms with Gasteiger partial charge in [0.05, 0.1) is 5.57 Å². The quantitative estimate of drug-likeness (QED) is 0.757. The second kappa shape index (κ2) is 5.07. The molecule has 0 bridgehead atoms. The number of allylic oxidation sites excluding steroid dienone is 2. The van der Waals surface area contributed by atoms with E-state index < -0.39 is 0 Å². The highest BCUT2D eigenvalue weighted by Gasteiger charge is 2.21. The topological polar surface area (TPSA) is 33.0 Å². The molecule has 0 atom stereocenters. The van der Waals surface area contributed by atoms with Gasteiger partial charge in [-0.05, 0) is 18.6 Å². The smallest absolute Gasteiger partial charge is 0.135 e. The van der Waals surface area contributed by atoms with E-state index in [1.165, 1.54) is 0 Å². The summed E-state index contributed by atoms with van der Waals surface area (Å²) >= 11 is 0. The maximum atomic E-state index is 9.28. The summed E-state index contributed by atoms with van der Waals surface area (Å²) in [6.45, 7) is 1.83. The van der Waals surface area contributed by atoms with Gasteiger partial charge >= 0.3 is 0 Å². The van der Waals surface area contributed by atoms with Crippen LogP contribution in [0.3, 0.4) is 0 Å². The molecule has 0 amide bonds. The molecule has 2 aromatic carbocycles. The average molecular weight is 259 g/mol. The molecular formula is C18H13NO. The van der Waals surface area contributed by atoms with Crippen LogP contribution in [0.4, 0.5) is 0 Å². The van der Waals surface area contributed by atoms with Crippen LogP contribution in [0.1, 0.15) is 23.6 Å². The van der Waals surface area contributed by atoms with Crippen molar-refractivity contribution in [2.75, 3.05) is 0 Å². The summed E-state index contributed by atoms with van der Waals surface area (Å²) in [4.78, 5) is 0. The molecule has 3 rings (SSSR count). The molecule has 0 spiro atoms. The predicted molar refractivity (Wildman–Crippen MR) is 80.0 cm³/mol. The molecule has 2 nitrogen and oxygen atoms in total. The van der Waals surface area contributed by atoms with Gasteiger partial charge in [0.15, 0.2) is 0 Å². The maximum Gasteiger partial charge on any atom is 0.135 e. The summed E-state index contributed by atoms with van der Waals surface area (Å²) in [5, 5.41) is 9.28. The number of hydrogen-bond acceptors (Lipinski definition) is 2. The van der Waals surface area contributed by atoms with Crippen LogP contribution in [0.2, 0.25) is 0 Å². The first kappa shape index (κ1) is 12.3. The molecule has 0 aliphatic carbocycles. The van der Waals surface area contributed by atoms with E-state index in [1.54, 1.807) is 0 Å². The summed E-state index contributed by atoms with van der Waals surface area (Å²) in [6, 6.07) is 20.1. The van der Waals surface area contributed by atoms with Crippen molar-refractivity contribution in [2.45, 2.75) is 6.92 Å². The largest absolute Gasteiger partial charge is 0.460 e. The molecule has 20 heavy (non-hydrogen) atoms. The molecule has 2 aromatic rings. The highest BCUT2D eigenvalue weighted by Crippen LogP contribution is 2.36. The molecule has 0 unspecified atom stereocenters. The van der Waals surface area contributed by atoms with Crippen molar-refractivity contribution in [2.24, 2.45) is 0 Å². The predicted octanol–water partition coefficient (Wildman–Crippen LogP) is 4.47. The number of benzene rings is 2. The average Bonchev–Trinajstić information content (AvgIpc) is 2.49. The second-order valence-electron chi connectivity index (χ2n) is 4.61. The lowest BCUT2D eigenvalue weighted by Crippen LogP contribution is -2.04. The van der Waals surface area contributed by atoms with Gasteiger partial charge < -0.3 is 4.74 Å². The van der Waals surface area contributed by atoms with Gasteiger partial charge in [0, 0.05) is 11.1 Å². The number of fused-ring (bicyclic) bond motifs is 1. The van der Waals surface area contributed by atoms with Crippen LogP contribution < -0.4 is 0 Å². The summed E-state index contributed by atoms with van der Waals surface area (Å²) < 4.78 is 5.84. The Bertz CT molecular complexity index is 748. The number of nitriles is 1. The SMILES string of the molecule is CC1=C(C#N)c2ccccc2/C(=C/c2ccccc2)O1. The van der Waals surface area contributed by atoms with Gasteiger partial charge in [-0.15, -0.1) is 0 Å². The first-order valence-corrected chi connectivity index (χ1v) is 6.45. The van der Waals surface area contributed by atoms with Crippen molar-refractivity contribution >= 4 is 17.4 Å². The zero-order valence-corrected chi connectivity index (χ0v) is 11.1. The Balaban J connectivity index is 2.16. The summed E-state index contributed by atoms with van der Waals surface area (Å²) in [5.41, 5.74) is 3.57. The number of rotatable bonds is 1. The van der Waals surface area contributed by atoms with Crippen molar-refractivity contribution < 1.29 is 4.74 Å². The van der Waals surface area contributed by atoms with Crippen LogP contribution in [0.25, 0.3) is 17.4 Å². The number of ether oxygens (including phenoxy) is 1. The zero-order chi connectivity index (χ0) is 13.9. The van der Waals surface area contributed by atoms with Gasteiger partial charge in [-0.3, -0.25) is 0 Å². The second-order valence-corrected chi connectivity index (χ2v) is 4.61. The van der Waals surface area contributed by atoms with Gasteiger partial charge in [0.2, 0.25) is 0 Å². The maximum absolute atomic E-state index is 9.28.